The number of esters is 1. The molecule has 0 amide bonds. The molecule has 0 spiro atoms. The molecular weight excluding hydrogens is 332 g/mol. The van der Waals surface area contributed by atoms with E-state index < -0.39 is 5.97 Å². The van der Waals surface area contributed by atoms with Crippen LogP contribution in [0, 0.1) is 5.92 Å². The van der Waals surface area contributed by atoms with Gasteiger partial charge >= 0.3 is 5.97 Å². The van der Waals surface area contributed by atoms with E-state index in [1.807, 2.05) is 6.07 Å². The van der Waals surface area contributed by atoms with Crippen molar-refractivity contribution in [1.29, 1.82) is 0 Å². The van der Waals surface area contributed by atoms with Crippen LogP contribution in [-0.2, 0) is 9.47 Å². The molecule has 2 atom stereocenters. The Balaban J connectivity index is 1.43. The first-order valence-corrected chi connectivity index (χ1v) is 9.60. The van der Waals surface area contributed by atoms with E-state index >= 15 is 0 Å². The van der Waals surface area contributed by atoms with E-state index in [-0.39, 0.29) is 5.69 Å². The molecule has 2 aliphatic heterocycles. The highest BCUT2D eigenvalue weighted by Crippen LogP contribution is 2.24. The summed E-state index contributed by atoms with van der Waals surface area (Å²) >= 11 is 0. The molecule has 144 valence electrons. The Morgan fingerprint density at radius 3 is 2.46 bits per heavy atom. The van der Waals surface area contributed by atoms with Crippen molar-refractivity contribution in [2.75, 3.05) is 44.7 Å². The van der Waals surface area contributed by atoms with Crippen molar-refractivity contribution in [3.05, 3.63) is 17.8 Å². The van der Waals surface area contributed by atoms with E-state index in [4.69, 9.17) is 4.74 Å². The number of morpholine rings is 1. The molecule has 0 aromatic carbocycles. The molecule has 3 heterocycles. The zero-order valence-electron chi connectivity index (χ0n) is 16.1. The third-order valence-corrected chi connectivity index (χ3v) is 5.33. The Bertz CT molecular complexity index is 577. The Labute approximate surface area is 155 Å². The number of methoxy groups -OCH3 is 1. The average Bonchev–Trinajstić information content (AvgIpc) is 2.65. The highest BCUT2D eigenvalue weighted by atomic mass is 16.5. The van der Waals surface area contributed by atoms with Crippen molar-refractivity contribution in [3.8, 4) is 0 Å². The van der Waals surface area contributed by atoms with E-state index in [1.165, 1.54) is 26.4 Å². The molecule has 7 heteroatoms. The standard InChI is InChI=1S/C19H30N4O3/c1-14-12-22(13-15(2)26-14)9-6-16-7-10-23(11-8-16)18-5-4-17(20-21-18)19(24)25-3/h4-5,14-16H,6-13H2,1-3H3. The molecule has 1 aromatic rings. The first kappa shape index (κ1) is 19.0. The van der Waals surface area contributed by atoms with Gasteiger partial charge in [0.15, 0.2) is 11.5 Å². The van der Waals surface area contributed by atoms with Crippen LogP contribution in [0.1, 0.15) is 43.6 Å². The monoisotopic (exact) mass is 362 g/mol. The minimum Gasteiger partial charge on any atom is -0.464 e. The summed E-state index contributed by atoms with van der Waals surface area (Å²) in [5, 5.41) is 8.16. The molecular formula is C19H30N4O3. The van der Waals surface area contributed by atoms with Crippen LogP contribution in [0.3, 0.4) is 0 Å². The summed E-state index contributed by atoms with van der Waals surface area (Å²) in [4.78, 5) is 16.2. The molecule has 0 aliphatic carbocycles. The van der Waals surface area contributed by atoms with Crippen LogP contribution < -0.4 is 4.90 Å². The van der Waals surface area contributed by atoms with Crippen molar-refractivity contribution >= 4 is 11.8 Å². The molecule has 7 nitrogen and oxygen atoms in total. The normalized spacial score (nSPS) is 25.3. The lowest BCUT2D eigenvalue weighted by molar-refractivity contribution is -0.0690. The number of carbonyl (C=O) groups is 1. The molecule has 2 aliphatic rings. The number of hydrogen-bond donors (Lipinski definition) is 0. The van der Waals surface area contributed by atoms with Crippen LogP contribution in [0.5, 0.6) is 0 Å². The van der Waals surface area contributed by atoms with Gasteiger partial charge in [-0.2, -0.15) is 0 Å². The Morgan fingerprint density at radius 2 is 1.88 bits per heavy atom. The van der Waals surface area contributed by atoms with Crippen LogP contribution in [0.2, 0.25) is 0 Å². The average molecular weight is 362 g/mol. The zero-order chi connectivity index (χ0) is 18.5. The van der Waals surface area contributed by atoms with Crippen molar-refractivity contribution in [3.63, 3.8) is 0 Å². The molecule has 26 heavy (non-hydrogen) atoms. The van der Waals surface area contributed by atoms with Gasteiger partial charge in [-0.1, -0.05) is 0 Å². The second kappa shape index (κ2) is 8.77. The van der Waals surface area contributed by atoms with Crippen molar-refractivity contribution in [2.45, 2.75) is 45.3 Å². The van der Waals surface area contributed by atoms with Crippen molar-refractivity contribution < 1.29 is 14.3 Å². The smallest absolute Gasteiger partial charge is 0.358 e. The summed E-state index contributed by atoms with van der Waals surface area (Å²) in [7, 11) is 1.35. The lowest BCUT2D eigenvalue weighted by atomic mass is 9.93. The van der Waals surface area contributed by atoms with Crippen LogP contribution in [0.4, 0.5) is 5.82 Å². The minimum atomic E-state index is -0.450. The maximum atomic E-state index is 11.4. The third kappa shape index (κ3) is 4.92. The first-order chi connectivity index (χ1) is 12.5. The van der Waals surface area contributed by atoms with Gasteiger partial charge in [-0.15, -0.1) is 10.2 Å². The summed E-state index contributed by atoms with van der Waals surface area (Å²) in [5.74, 6) is 1.16. The Morgan fingerprint density at radius 1 is 1.19 bits per heavy atom. The molecule has 0 N–H and O–H groups in total. The van der Waals surface area contributed by atoms with Crippen LogP contribution in [0.15, 0.2) is 12.1 Å². The van der Waals surface area contributed by atoms with Crippen molar-refractivity contribution in [1.82, 2.24) is 15.1 Å². The van der Waals surface area contributed by atoms with Gasteiger partial charge in [-0.25, -0.2) is 4.79 Å². The number of carbonyl (C=O) groups excluding carboxylic acids is 1. The predicted molar refractivity (Wildman–Crippen MR) is 99.4 cm³/mol. The fraction of sp³-hybridized carbons (Fsp3) is 0.737. The number of ether oxygens (including phenoxy) is 2. The molecule has 2 unspecified atom stereocenters. The highest BCUT2D eigenvalue weighted by molar-refractivity contribution is 5.86. The van der Waals surface area contributed by atoms with Gasteiger partial charge in [0.05, 0.1) is 19.3 Å². The highest BCUT2D eigenvalue weighted by Gasteiger charge is 2.25. The Kier molecular flexibility index (Phi) is 6.43. The summed E-state index contributed by atoms with van der Waals surface area (Å²) in [6.45, 7) is 9.56. The second-order valence-corrected chi connectivity index (χ2v) is 7.50. The van der Waals surface area contributed by atoms with Crippen LogP contribution in [-0.4, -0.2) is 73.1 Å². The van der Waals surface area contributed by atoms with Crippen LogP contribution >= 0.6 is 0 Å². The topological polar surface area (TPSA) is 67.8 Å². The SMILES string of the molecule is COC(=O)c1ccc(N2CCC(CCN3CC(C)OC(C)C3)CC2)nn1. The summed E-state index contributed by atoms with van der Waals surface area (Å²) in [5.41, 5.74) is 0.250. The maximum absolute atomic E-state index is 11.4. The van der Waals surface area contributed by atoms with Gasteiger partial charge < -0.3 is 14.4 Å². The number of rotatable bonds is 5. The summed E-state index contributed by atoms with van der Waals surface area (Å²) in [6.07, 6.45) is 4.28. The summed E-state index contributed by atoms with van der Waals surface area (Å²) in [6, 6.07) is 3.54. The first-order valence-electron chi connectivity index (χ1n) is 9.60. The van der Waals surface area contributed by atoms with Gasteiger partial charge in [-0.05, 0) is 57.7 Å². The maximum Gasteiger partial charge on any atom is 0.358 e. The van der Waals surface area contributed by atoms with E-state index in [1.54, 1.807) is 6.07 Å². The molecule has 3 rings (SSSR count). The van der Waals surface area contributed by atoms with Gasteiger partial charge in [0, 0.05) is 26.2 Å². The van der Waals surface area contributed by atoms with Gasteiger partial charge in [0.25, 0.3) is 0 Å². The van der Waals surface area contributed by atoms with Gasteiger partial charge in [-0.3, -0.25) is 4.90 Å². The molecule has 1 aromatic heterocycles. The third-order valence-electron chi connectivity index (χ3n) is 5.33. The number of nitrogens with zero attached hydrogens (tertiary/aromatic N) is 4. The zero-order valence-corrected chi connectivity index (χ0v) is 16.1. The number of anilines is 1. The largest absolute Gasteiger partial charge is 0.464 e. The molecule has 2 fully saturated rings. The fourth-order valence-corrected chi connectivity index (χ4v) is 3.99. The Hall–Kier alpha value is -1.73. The van der Waals surface area contributed by atoms with E-state index in [0.29, 0.717) is 12.2 Å². The number of piperidine rings is 1. The predicted octanol–water partition coefficient (Wildman–Crippen LogP) is 1.98. The molecule has 0 radical (unpaired) electrons. The minimum absolute atomic E-state index is 0.250. The lowest BCUT2D eigenvalue weighted by Gasteiger charge is -2.37. The second-order valence-electron chi connectivity index (χ2n) is 7.50. The number of aromatic nitrogens is 2. The molecule has 0 bridgehead atoms. The summed E-state index contributed by atoms with van der Waals surface area (Å²) < 4.78 is 10.5. The van der Waals surface area contributed by atoms with E-state index in [2.05, 4.69) is 38.6 Å². The van der Waals surface area contributed by atoms with Gasteiger partial charge in [0.2, 0.25) is 0 Å². The van der Waals surface area contributed by atoms with E-state index in [9.17, 15) is 4.79 Å². The lowest BCUT2D eigenvalue weighted by Crippen LogP contribution is -2.46. The molecule has 2 saturated heterocycles. The fourth-order valence-electron chi connectivity index (χ4n) is 3.99. The van der Waals surface area contributed by atoms with Gasteiger partial charge in [0.1, 0.15) is 0 Å². The van der Waals surface area contributed by atoms with Crippen LogP contribution in [0.25, 0.3) is 0 Å². The number of hydrogen-bond acceptors (Lipinski definition) is 7. The van der Waals surface area contributed by atoms with Crippen molar-refractivity contribution in [2.24, 2.45) is 5.92 Å². The van der Waals surface area contributed by atoms with E-state index in [0.717, 1.165) is 44.5 Å². The molecule has 0 saturated carbocycles. The quantitative estimate of drug-likeness (QED) is 0.742.